The number of aliphatic hydroxyl groups excluding tert-OH is 2. The van der Waals surface area contributed by atoms with Gasteiger partial charge in [0.2, 0.25) is 0 Å². The van der Waals surface area contributed by atoms with Crippen molar-refractivity contribution in [1.29, 1.82) is 0 Å². The van der Waals surface area contributed by atoms with E-state index in [0.717, 1.165) is 37.9 Å². The topological polar surface area (TPSA) is 130 Å². The average molecular weight is 496 g/mol. The van der Waals surface area contributed by atoms with Crippen molar-refractivity contribution in [3.05, 3.63) is 12.2 Å². The van der Waals surface area contributed by atoms with E-state index in [1.54, 1.807) is 0 Å². The molecule has 5 rings (SSSR count). The molecule has 2 unspecified atom stereocenters. The minimum atomic E-state index is -1.17. The molecule has 5 fully saturated rings. The maximum absolute atomic E-state index is 12.5. The van der Waals surface area contributed by atoms with Gasteiger partial charge in [-0.3, -0.25) is 4.79 Å². The highest BCUT2D eigenvalue weighted by atomic mass is 16.6. The number of rotatable bonds is 8. The fraction of sp³-hybridized carbons (Fsp3) is 0.885. The molecule has 9 heteroatoms. The summed E-state index contributed by atoms with van der Waals surface area (Å²) in [6.45, 7) is 5.98. The maximum Gasteiger partial charge on any atom is 0.146 e. The van der Waals surface area contributed by atoms with Gasteiger partial charge < -0.3 is 39.6 Å². The second-order valence-electron chi connectivity index (χ2n) is 11.3. The Balaban J connectivity index is 1.12. The fourth-order valence-electron chi connectivity index (χ4n) is 6.43. The van der Waals surface area contributed by atoms with Crippen LogP contribution in [0.15, 0.2) is 12.2 Å². The molecule has 198 valence electrons. The highest BCUT2D eigenvalue weighted by Gasteiger charge is 2.55. The summed E-state index contributed by atoms with van der Waals surface area (Å²) in [4.78, 5) is 12.5. The zero-order valence-corrected chi connectivity index (χ0v) is 20.5. The second kappa shape index (κ2) is 10.8. The van der Waals surface area contributed by atoms with Gasteiger partial charge in [-0.25, -0.2) is 0 Å². The second-order valence-corrected chi connectivity index (χ2v) is 11.3. The lowest BCUT2D eigenvalue weighted by Gasteiger charge is -2.51. The summed E-state index contributed by atoms with van der Waals surface area (Å²) in [5, 5.41) is 21.7. The van der Waals surface area contributed by atoms with Crippen molar-refractivity contribution in [2.24, 2.45) is 11.7 Å². The van der Waals surface area contributed by atoms with E-state index < -0.39 is 36.2 Å². The Morgan fingerprint density at radius 1 is 1.06 bits per heavy atom. The quantitative estimate of drug-likeness (QED) is 0.428. The number of hydrogen-bond acceptors (Lipinski definition) is 9. The molecule has 0 saturated carbocycles. The molecule has 5 aliphatic rings. The van der Waals surface area contributed by atoms with Gasteiger partial charge in [-0.05, 0) is 50.0 Å². The number of aliphatic hydroxyl groups is 2. The molecule has 5 saturated heterocycles. The van der Waals surface area contributed by atoms with Gasteiger partial charge in [0.1, 0.15) is 23.7 Å². The molecule has 0 aliphatic carbocycles. The van der Waals surface area contributed by atoms with Crippen LogP contribution in [0.25, 0.3) is 0 Å². The summed E-state index contributed by atoms with van der Waals surface area (Å²) in [6, 6.07) is 0. The molecule has 35 heavy (non-hydrogen) atoms. The van der Waals surface area contributed by atoms with Crippen molar-refractivity contribution >= 4 is 5.78 Å². The van der Waals surface area contributed by atoms with Crippen molar-refractivity contribution in [1.82, 2.24) is 0 Å². The lowest BCUT2D eigenvalue weighted by molar-refractivity contribution is -0.292. The van der Waals surface area contributed by atoms with Gasteiger partial charge in [0.05, 0.1) is 43.2 Å². The number of ketones is 1. The van der Waals surface area contributed by atoms with E-state index in [0.29, 0.717) is 51.2 Å². The Morgan fingerprint density at radius 2 is 1.89 bits per heavy atom. The number of carbonyl (C=O) groups excluding carboxylic acids is 1. The molecular weight excluding hydrogens is 454 g/mol. The van der Waals surface area contributed by atoms with Gasteiger partial charge in [0.15, 0.2) is 0 Å². The van der Waals surface area contributed by atoms with Crippen LogP contribution in [0.1, 0.15) is 64.2 Å². The van der Waals surface area contributed by atoms with Crippen molar-refractivity contribution in [3.8, 4) is 0 Å². The minimum absolute atomic E-state index is 0.0806. The lowest BCUT2D eigenvalue weighted by atomic mass is 9.83. The molecule has 0 aromatic heterocycles. The van der Waals surface area contributed by atoms with Crippen LogP contribution in [-0.4, -0.2) is 90.4 Å². The molecule has 0 bridgehead atoms. The Morgan fingerprint density at radius 3 is 2.63 bits per heavy atom. The Bertz CT molecular complexity index is 772. The highest BCUT2D eigenvalue weighted by Crippen LogP contribution is 2.41. The third-order valence-electron chi connectivity index (χ3n) is 8.32. The lowest BCUT2D eigenvalue weighted by Crippen LogP contribution is -2.68. The van der Waals surface area contributed by atoms with Crippen LogP contribution in [0.4, 0.5) is 0 Å². The SMILES string of the molecule is C=C1CO[C@@H](CC[C@@H]2C[C@@H](O)[C@@H](C3C[C@@H](O)C4O[C@@H](CC(=O)C[C@@H]5CCOC5)CC[C@]4(N)O3)O2)C1. The highest BCUT2D eigenvalue weighted by molar-refractivity contribution is 5.79. The first-order chi connectivity index (χ1) is 16.8. The van der Waals surface area contributed by atoms with Gasteiger partial charge in [-0.1, -0.05) is 6.58 Å². The third-order valence-corrected chi connectivity index (χ3v) is 8.32. The first-order valence-corrected chi connectivity index (χ1v) is 13.3. The van der Waals surface area contributed by atoms with Crippen LogP contribution in [0, 0.1) is 5.92 Å². The van der Waals surface area contributed by atoms with Crippen LogP contribution >= 0.6 is 0 Å². The summed E-state index contributed by atoms with van der Waals surface area (Å²) >= 11 is 0. The van der Waals surface area contributed by atoms with Crippen LogP contribution in [-0.2, 0) is 28.5 Å². The largest absolute Gasteiger partial charge is 0.390 e. The fourth-order valence-corrected chi connectivity index (χ4v) is 6.43. The zero-order chi connectivity index (χ0) is 24.6. The number of fused-ring (bicyclic) bond motifs is 1. The summed E-state index contributed by atoms with van der Waals surface area (Å²) < 4.78 is 29.7. The molecule has 0 aromatic carbocycles. The summed E-state index contributed by atoms with van der Waals surface area (Å²) in [6.07, 6.45) is 2.70. The van der Waals surface area contributed by atoms with Gasteiger partial charge in [-0.15, -0.1) is 0 Å². The zero-order valence-electron chi connectivity index (χ0n) is 20.5. The van der Waals surface area contributed by atoms with Crippen LogP contribution in [0.3, 0.4) is 0 Å². The molecule has 4 N–H and O–H groups in total. The van der Waals surface area contributed by atoms with Gasteiger partial charge in [0.25, 0.3) is 0 Å². The maximum atomic E-state index is 12.5. The summed E-state index contributed by atoms with van der Waals surface area (Å²) in [7, 11) is 0. The van der Waals surface area contributed by atoms with Crippen molar-refractivity contribution in [3.63, 3.8) is 0 Å². The average Bonchev–Trinajstić information content (AvgIpc) is 3.55. The van der Waals surface area contributed by atoms with E-state index >= 15 is 0 Å². The monoisotopic (exact) mass is 495 g/mol. The first kappa shape index (κ1) is 25.7. The van der Waals surface area contributed by atoms with E-state index in [-0.39, 0.29) is 30.5 Å². The van der Waals surface area contributed by atoms with Crippen LogP contribution in [0.5, 0.6) is 0 Å². The first-order valence-electron chi connectivity index (χ1n) is 13.3. The molecule has 0 aromatic rings. The van der Waals surface area contributed by atoms with E-state index in [9.17, 15) is 15.0 Å². The molecule has 0 spiro atoms. The van der Waals surface area contributed by atoms with Gasteiger partial charge in [0, 0.05) is 38.9 Å². The van der Waals surface area contributed by atoms with Gasteiger partial charge >= 0.3 is 0 Å². The molecule has 0 amide bonds. The molecular formula is C26H41NO8. The van der Waals surface area contributed by atoms with Crippen molar-refractivity contribution < 1.29 is 38.7 Å². The molecule has 5 heterocycles. The van der Waals surface area contributed by atoms with E-state index in [2.05, 4.69) is 6.58 Å². The number of ether oxygens (including phenoxy) is 5. The van der Waals surface area contributed by atoms with E-state index in [1.807, 2.05) is 0 Å². The number of Topliss-reactive ketones (excluding diaryl/α,β-unsaturated/α-hetero) is 1. The smallest absolute Gasteiger partial charge is 0.146 e. The Hall–Kier alpha value is -0.910. The minimum Gasteiger partial charge on any atom is -0.390 e. The predicted molar refractivity (Wildman–Crippen MR) is 125 cm³/mol. The Labute approximate surface area is 207 Å². The van der Waals surface area contributed by atoms with Crippen molar-refractivity contribution in [2.75, 3.05) is 19.8 Å². The molecule has 10 atom stereocenters. The van der Waals surface area contributed by atoms with E-state index in [1.165, 1.54) is 0 Å². The van der Waals surface area contributed by atoms with Crippen molar-refractivity contribution in [2.45, 2.75) is 119 Å². The summed E-state index contributed by atoms with van der Waals surface area (Å²) in [5.74, 6) is 0.468. The van der Waals surface area contributed by atoms with E-state index in [4.69, 9.17) is 29.4 Å². The van der Waals surface area contributed by atoms with Gasteiger partial charge in [-0.2, -0.15) is 0 Å². The molecule has 5 aliphatic heterocycles. The third kappa shape index (κ3) is 5.99. The molecule has 9 nitrogen and oxygen atoms in total. The molecule has 0 radical (unpaired) electrons. The summed E-state index contributed by atoms with van der Waals surface area (Å²) in [5.41, 5.74) is 6.56. The number of nitrogens with two attached hydrogens (primary N) is 1. The number of hydrogen-bond donors (Lipinski definition) is 3. The van der Waals surface area contributed by atoms with Crippen LogP contribution in [0.2, 0.25) is 0 Å². The standard InChI is InChI=1S/C26H41NO8/c1-15-8-18(32-13-15)2-3-19-11-21(29)24(33-19)23-12-22(30)25-26(27,35-23)6-4-20(34-25)10-17(28)9-16-5-7-31-14-16/h16,18-25,29-30H,1-14,27H2/t16-,18-,19+,20+,21+,22+,23?,24-,25?,26-/m0/s1. The number of carbonyl (C=O) groups is 1. The normalized spacial score (nSPS) is 46.1. The Kier molecular flexibility index (Phi) is 7.96. The predicted octanol–water partition coefficient (Wildman–Crippen LogP) is 1.37. The van der Waals surface area contributed by atoms with Crippen LogP contribution < -0.4 is 5.73 Å².